The third-order valence-corrected chi connectivity index (χ3v) is 4.09. The van der Waals surface area contributed by atoms with Crippen LogP contribution in [0.1, 0.15) is 30.0 Å². The van der Waals surface area contributed by atoms with Gasteiger partial charge in [-0.3, -0.25) is 4.98 Å². The lowest BCUT2D eigenvalue weighted by molar-refractivity contribution is 0.610. The van der Waals surface area contributed by atoms with Gasteiger partial charge in [0.25, 0.3) is 0 Å². The molecule has 2 aromatic rings. The predicted octanol–water partition coefficient (Wildman–Crippen LogP) is 2.92. The number of hydrogen-bond acceptors (Lipinski definition) is 3. The van der Waals surface area contributed by atoms with Gasteiger partial charge in [-0.2, -0.15) is 0 Å². The molecule has 3 rings (SSSR count). The van der Waals surface area contributed by atoms with Crippen molar-refractivity contribution in [2.75, 3.05) is 18.0 Å². The van der Waals surface area contributed by atoms with E-state index in [1.165, 1.54) is 36.1 Å². The third kappa shape index (κ3) is 2.54. The van der Waals surface area contributed by atoms with Gasteiger partial charge in [0.05, 0.1) is 6.04 Å². The lowest BCUT2D eigenvalue weighted by Crippen LogP contribution is -2.34. The minimum absolute atomic E-state index is 0.234. The van der Waals surface area contributed by atoms with E-state index in [0.717, 1.165) is 6.54 Å². The summed E-state index contributed by atoms with van der Waals surface area (Å²) in [4.78, 5) is 6.58. The summed E-state index contributed by atoms with van der Waals surface area (Å²) >= 11 is 0. The average molecular weight is 267 g/mol. The van der Waals surface area contributed by atoms with Gasteiger partial charge < -0.3 is 10.6 Å². The van der Waals surface area contributed by atoms with Crippen LogP contribution in [0, 0.1) is 0 Å². The standard InChI is InChI=1S/C17H21N3/c18-13-17(15-8-10-19-11-9-15)20-12-4-3-6-14-5-1-2-7-16(14)20/h1-2,5,7-11,17H,3-4,6,12-13,18H2. The van der Waals surface area contributed by atoms with Crippen LogP contribution in [0.5, 0.6) is 0 Å². The molecule has 1 atom stereocenters. The van der Waals surface area contributed by atoms with Crippen molar-refractivity contribution in [1.29, 1.82) is 0 Å². The Labute approximate surface area is 120 Å². The molecule has 1 aliphatic heterocycles. The van der Waals surface area contributed by atoms with E-state index >= 15 is 0 Å². The molecule has 2 heterocycles. The second kappa shape index (κ2) is 6.06. The maximum atomic E-state index is 6.08. The van der Waals surface area contributed by atoms with E-state index in [9.17, 15) is 0 Å². The number of nitrogens with two attached hydrogens (primary N) is 1. The molecule has 20 heavy (non-hydrogen) atoms. The molecule has 0 fully saturated rings. The molecule has 1 aromatic heterocycles. The summed E-state index contributed by atoms with van der Waals surface area (Å²) in [6.45, 7) is 1.69. The smallest absolute Gasteiger partial charge is 0.0665 e. The largest absolute Gasteiger partial charge is 0.363 e. The van der Waals surface area contributed by atoms with Gasteiger partial charge in [0.1, 0.15) is 0 Å². The number of aryl methyl sites for hydroxylation is 1. The summed E-state index contributed by atoms with van der Waals surface area (Å²) < 4.78 is 0. The Hall–Kier alpha value is -1.87. The van der Waals surface area contributed by atoms with Crippen molar-refractivity contribution in [1.82, 2.24) is 4.98 Å². The number of benzene rings is 1. The molecule has 2 N–H and O–H groups in total. The van der Waals surface area contributed by atoms with Crippen molar-refractivity contribution in [2.24, 2.45) is 5.73 Å². The van der Waals surface area contributed by atoms with Crippen LogP contribution < -0.4 is 10.6 Å². The summed E-state index contributed by atoms with van der Waals surface area (Å²) in [6.07, 6.45) is 7.33. The number of para-hydroxylation sites is 1. The summed E-state index contributed by atoms with van der Waals surface area (Å²) in [5, 5.41) is 0. The quantitative estimate of drug-likeness (QED) is 0.929. The van der Waals surface area contributed by atoms with Gasteiger partial charge in [-0.05, 0) is 48.6 Å². The minimum Gasteiger partial charge on any atom is -0.363 e. The number of rotatable bonds is 3. The Kier molecular flexibility index (Phi) is 3.97. The van der Waals surface area contributed by atoms with E-state index < -0.39 is 0 Å². The highest BCUT2D eigenvalue weighted by Crippen LogP contribution is 2.32. The van der Waals surface area contributed by atoms with Gasteiger partial charge in [-0.25, -0.2) is 0 Å². The van der Waals surface area contributed by atoms with Crippen LogP contribution in [0.3, 0.4) is 0 Å². The topological polar surface area (TPSA) is 42.1 Å². The predicted molar refractivity (Wildman–Crippen MR) is 82.8 cm³/mol. The second-order valence-electron chi connectivity index (χ2n) is 5.31. The van der Waals surface area contributed by atoms with E-state index in [2.05, 4.69) is 46.3 Å². The summed E-state index contributed by atoms with van der Waals surface area (Å²) in [6, 6.07) is 13.1. The molecule has 0 amide bonds. The number of fused-ring (bicyclic) bond motifs is 1. The van der Waals surface area contributed by atoms with Gasteiger partial charge in [0.15, 0.2) is 0 Å². The van der Waals surface area contributed by atoms with Crippen molar-refractivity contribution in [3.8, 4) is 0 Å². The first-order chi connectivity index (χ1) is 9.90. The van der Waals surface area contributed by atoms with E-state index in [4.69, 9.17) is 5.73 Å². The van der Waals surface area contributed by atoms with Crippen molar-refractivity contribution in [3.63, 3.8) is 0 Å². The monoisotopic (exact) mass is 267 g/mol. The van der Waals surface area contributed by atoms with Crippen LogP contribution >= 0.6 is 0 Å². The lowest BCUT2D eigenvalue weighted by Gasteiger charge is -2.33. The fourth-order valence-corrected chi connectivity index (χ4v) is 3.07. The van der Waals surface area contributed by atoms with E-state index in [0.29, 0.717) is 6.54 Å². The maximum Gasteiger partial charge on any atom is 0.0665 e. The number of hydrogen-bond donors (Lipinski definition) is 1. The zero-order chi connectivity index (χ0) is 13.8. The van der Waals surface area contributed by atoms with Crippen molar-refractivity contribution >= 4 is 5.69 Å². The third-order valence-electron chi connectivity index (χ3n) is 4.09. The van der Waals surface area contributed by atoms with Crippen LogP contribution in [0.2, 0.25) is 0 Å². The SMILES string of the molecule is NCC(c1ccncc1)N1CCCCc2ccccc21. The first-order valence-corrected chi connectivity index (χ1v) is 7.34. The lowest BCUT2D eigenvalue weighted by atomic mass is 10.0. The van der Waals surface area contributed by atoms with Crippen LogP contribution in [0.15, 0.2) is 48.8 Å². The van der Waals surface area contributed by atoms with Gasteiger partial charge >= 0.3 is 0 Å². The molecule has 3 nitrogen and oxygen atoms in total. The first-order valence-electron chi connectivity index (χ1n) is 7.34. The number of anilines is 1. The molecule has 1 aliphatic rings. The second-order valence-corrected chi connectivity index (χ2v) is 5.31. The minimum atomic E-state index is 0.234. The molecule has 0 radical (unpaired) electrons. The fraction of sp³-hybridized carbons (Fsp3) is 0.353. The van der Waals surface area contributed by atoms with Crippen molar-refractivity contribution < 1.29 is 0 Å². The zero-order valence-electron chi connectivity index (χ0n) is 11.7. The van der Waals surface area contributed by atoms with Crippen LogP contribution in [-0.4, -0.2) is 18.1 Å². The molecule has 104 valence electrons. The number of aromatic nitrogens is 1. The van der Waals surface area contributed by atoms with Crippen LogP contribution in [0.25, 0.3) is 0 Å². The Bertz CT molecular complexity index is 553. The number of nitrogens with zero attached hydrogens (tertiary/aromatic N) is 2. The molecule has 1 aromatic carbocycles. The summed E-state index contributed by atoms with van der Waals surface area (Å²) in [5.41, 5.74) is 10.1. The zero-order valence-corrected chi connectivity index (χ0v) is 11.7. The summed E-state index contributed by atoms with van der Waals surface area (Å²) in [5.74, 6) is 0. The van der Waals surface area contributed by atoms with Gasteiger partial charge in [0, 0.05) is 31.2 Å². The van der Waals surface area contributed by atoms with Crippen LogP contribution in [-0.2, 0) is 6.42 Å². The average Bonchev–Trinajstić information content (AvgIpc) is 2.72. The van der Waals surface area contributed by atoms with Gasteiger partial charge in [-0.1, -0.05) is 18.2 Å². The molecular formula is C17H21N3. The van der Waals surface area contributed by atoms with Gasteiger partial charge in [0.2, 0.25) is 0 Å². The first kappa shape index (κ1) is 13.1. The Morgan fingerprint density at radius 1 is 1.10 bits per heavy atom. The molecular weight excluding hydrogens is 246 g/mol. The van der Waals surface area contributed by atoms with Crippen molar-refractivity contribution in [2.45, 2.75) is 25.3 Å². The molecule has 0 bridgehead atoms. The van der Waals surface area contributed by atoms with E-state index in [1.807, 2.05) is 12.4 Å². The maximum absolute atomic E-state index is 6.08. The Morgan fingerprint density at radius 2 is 1.90 bits per heavy atom. The molecule has 1 unspecified atom stereocenters. The molecule has 0 saturated heterocycles. The fourth-order valence-electron chi connectivity index (χ4n) is 3.07. The normalized spacial score (nSPS) is 16.4. The van der Waals surface area contributed by atoms with E-state index in [1.54, 1.807) is 0 Å². The molecule has 3 heteroatoms. The Balaban J connectivity index is 1.99. The number of pyridine rings is 1. The molecule has 0 spiro atoms. The highest BCUT2D eigenvalue weighted by atomic mass is 15.2. The Morgan fingerprint density at radius 3 is 2.70 bits per heavy atom. The van der Waals surface area contributed by atoms with Crippen LogP contribution in [0.4, 0.5) is 5.69 Å². The van der Waals surface area contributed by atoms with Crippen molar-refractivity contribution in [3.05, 3.63) is 59.9 Å². The molecule has 0 aliphatic carbocycles. The molecule has 0 saturated carbocycles. The van der Waals surface area contributed by atoms with E-state index in [-0.39, 0.29) is 6.04 Å². The highest BCUT2D eigenvalue weighted by Gasteiger charge is 2.23. The van der Waals surface area contributed by atoms with Gasteiger partial charge in [-0.15, -0.1) is 0 Å². The summed E-state index contributed by atoms with van der Waals surface area (Å²) in [7, 11) is 0. The highest BCUT2D eigenvalue weighted by molar-refractivity contribution is 5.56.